The lowest BCUT2D eigenvalue weighted by Gasteiger charge is -2.24. The van der Waals surface area contributed by atoms with Crippen LogP contribution >= 0.6 is 12.6 Å². The van der Waals surface area contributed by atoms with Crippen LogP contribution in [0.15, 0.2) is 0 Å². The molecule has 0 rings (SSSR count). The van der Waals surface area contributed by atoms with Crippen molar-refractivity contribution < 1.29 is 25.5 Å². The molecule has 6 heteroatoms. The zero-order chi connectivity index (χ0) is 9.72. The lowest BCUT2D eigenvalue weighted by Crippen LogP contribution is -2.45. The van der Waals surface area contributed by atoms with Crippen LogP contribution in [0.5, 0.6) is 0 Å². The Morgan fingerprint density at radius 1 is 0.917 bits per heavy atom. The van der Waals surface area contributed by atoms with Crippen LogP contribution < -0.4 is 0 Å². The van der Waals surface area contributed by atoms with E-state index in [1.54, 1.807) is 0 Å². The fraction of sp³-hybridized carbons (Fsp3) is 1.00. The van der Waals surface area contributed by atoms with Crippen molar-refractivity contribution in [2.45, 2.75) is 23.6 Å². The van der Waals surface area contributed by atoms with Crippen LogP contribution in [-0.2, 0) is 0 Å². The highest BCUT2D eigenvalue weighted by Crippen LogP contribution is 2.08. The standard InChI is InChI=1S/C6H14O5S/c7-1-3(9)5(10)6(11)4(12)2-8/h3-12H,1-2H2/t3-,4-,5-,6-/m1/s1. The molecule has 5 N–H and O–H groups in total. The van der Waals surface area contributed by atoms with E-state index in [4.69, 9.17) is 25.5 Å². The number of hydrogen-bond donors (Lipinski definition) is 6. The van der Waals surface area contributed by atoms with Gasteiger partial charge in [-0.2, -0.15) is 12.6 Å². The quantitative estimate of drug-likeness (QED) is 0.271. The van der Waals surface area contributed by atoms with Crippen molar-refractivity contribution in [1.82, 2.24) is 0 Å². The van der Waals surface area contributed by atoms with Gasteiger partial charge < -0.3 is 25.5 Å². The molecule has 0 fully saturated rings. The third-order valence-electron chi connectivity index (χ3n) is 1.51. The molecule has 0 heterocycles. The fourth-order valence-electron chi connectivity index (χ4n) is 0.671. The minimum atomic E-state index is -1.50. The molecule has 4 atom stereocenters. The Morgan fingerprint density at radius 3 is 1.75 bits per heavy atom. The van der Waals surface area contributed by atoms with Crippen LogP contribution in [-0.4, -0.2) is 62.3 Å². The van der Waals surface area contributed by atoms with E-state index >= 15 is 0 Å². The molecule has 74 valence electrons. The van der Waals surface area contributed by atoms with Gasteiger partial charge in [-0.3, -0.25) is 0 Å². The van der Waals surface area contributed by atoms with Gasteiger partial charge in [-0.25, -0.2) is 0 Å². The molecule has 0 radical (unpaired) electrons. The number of thiol groups is 1. The maximum absolute atomic E-state index is 9.13. The van der Waals surface area contributed by atoms with E-state index in [0.717, 1.165) is 0 Å². The molecular weight excluding hydrogens is 184 g/mol. The zero-order valence-corrected chi connectivity index (χ0v) is 7.30. The maximum Gasteiger partial charge on any atom is 0.109 e. The summed E-state index contributed by atoms with van der Waals surface area (Å²) in [5.74, 6) is 0. The first kappa shape index (κ1) is 12.2. The summed E-state index contributed by atoms with van der Waals surface area (Å²) in [5.41, 5.74) is 0. The third-order valence-corrected chi connectivity index (χ3v) is 1.98. The number of rotatable bonds is 5. The van der Waals surface area contributed by atoms with Crippen LogP contribution in [0.2, 0.25) is 0 Å². The second kappa shape index (κ2) is 5.74. The van der Waals surface area contributed by atoms with E-state index in [2.05, 4.69) is 12.6 Å². The highest BCUT2D eigenvalue weighted by molar-refractivity contribution is 7.81. The molecule has 0 aromatic carbocycles. The first-order valence-electron chi connectivity index (χ1n) is 3.48. The topological polar surface area (TPSA) is 101 Å². The van der Waals surface area contributed by atoms with Crippen molar-refractivity contribution in [3.8, 4) is 0 Å². The number of aliphatic hydroxyl groups is 5. The van der Waals surface area contributed by atoms with Crippen molar-refractivity contribution in [1.29, 1.82) is 0 Å². The van der Waals surface area contributed by atoms with Gasteiger partial charge >= 0.3 is 0 Å². The molecule has 0 amide bonds. The molecule has 0 spiro atoms. The van der Waals surface area contributed by atoms with Gasteiger partial charge in [0.2, 0.25) is 0 Å². The Labute approximate surface area is 75.7 Å². The normalized spacial score (nSPS) is 21.5. The summed E-state index contributed by atoms with van der Waals surface area (Å²) in [4.78, 5) is 0. The second-order valence-electron chi connectivity index (χ2n) is 2.48. The minimum Gasteiger partial charge on any atom is -0.395 e. The van der Waals surface area contributed by atoms with Gasteiger partial charge in [0, 0.05) is 0 Å². The Morgan fingerprint density at radius 2 is 1.42 bits per heavy atom. The summed E-state index contributed by atoms with van der Waals surface area (Å²) in [5, 5.41) is 43.1. The monoisotopic (exact) mass is 198 g/mol. The number of aliphatic hydroxyl groups excluding tert-OH is 5. The van der Waals surface area contributed by atoms with Crippen LogP contribution in [0.25, 0.3) is 0 Å². The smallest absolute Gasteiger partial charge is 0.109 e. The molecule has 0 saturated carbocycles. The van der Waals surface area contributed by atoms with Crippen LogP contribution in [0.1, 0.15) is 0 Å². The molecule has 12 heavy (non-hydrogen) atoms. The third kappa shape index (κ3) is 3.26. The SMILES string of the molecule is OC[C@@H](O)[C@@H](O)[C@H](O)[C@H](S)CO. The fourth-order valence-corrected chi connectivity index (χ4v) is 0.848. The molecular formula is C6H14O5S. The van der Waals surface area contributed by atoms with E-state index in [1.807, 2.05) is 0 Å². The van der Waals surface area contributed by atoms with Crippen LogP contribution in [0.3, 0.4) is 0 Å². The van der Waals surface area contributed by atoms with Crippen LogP contribution in [0, 0.1) is 0 Å². The Hall–Kier alpha value is 0.150. The summed E-state index contributed by atoms with van der Waals surface area (Å²) in [6.07, 6.45) is -4.27. The second-order valence-corrected chi connectivity index (χ2v) is 3.14. The van der Waals surface area contributed by atoms with Gasteiger partial charge in [0.05, 0.1) is 24.6 Å². The van der Waals surface area contributed by atoms with Gasteiger partial charge in [0.25, 0.3) is 0 Å². The molecule has 0 unspecified atom stereocenters. The van der Waals surface area contributed by atoms with Crippen molar-refractivity contribution >= 4 is 12.6 Å². The van der Waals surface area contributed by atoms with Crippen molar-refractivity contribution in [3.05, 3.63) is 0 Å². The maximum atomic E-state index is 9.13. The van der Waals surface area contributed by atoms with Crippen molar-refractivity contribution in [2.24, 2.45) is 0 Å². The zero-order valence-electron chi connectivity index (χ0n) is 6.41. The van der Waals surface area contributed by atoms with Gasteiger partial charge in [0.1, 0.15) is 12.2 Å². The van der Waals surface area contributed by atoms with E-state index < -0.39 is 36.8 Å². The van der Waals surface area contributed by atoms with E-state index in [1.165, 1.54) is 0 Å². The molecule has 0 aliphatic heterocycles. The predicted molar refractivity (Wildman–Crippen MR) is 45.0 cm³/mol. The van der Waals surface area contributed by atoms with Gasteiger partial charge in [-0.1, -0.05) is 0 Å². The Bertz CT molecular complexity index is 109. The van der Waals surface area contributed by atoms with Gasteiger partial charge in [-0.05, 0) is 0 Å². The largest absolute Gasteiger partial charge is 0.395 e. The Balaban J connectivity index is 3.99. The lowest BCUT2D eigenvalue weighted by atomic mass is 10.1. The molecule has 0 aromatic heterocycles. The van der Waals surface area contributed by atoms with E-state index in [0.29, 0.717) is 0 Å². The van der Waals surface area contributed by atoms with Gasteiger partial charge in [0.15, 0.2) is 0 Å². The molecule has 0 bridgehead atoms. The predicted octanol–water partition coefficient (Wildman–Crippen LogP) is -2.65. The summed E-state index contributed by atoms with van der Waals surface area (Å²) in [7, 11) is 0. The highest BCUT2D eigenvalue weighted by Gasteiger charge is 2.28. The molecule has 0 aliphatic carbocycles. The van der Waals surface area contributed by atoms with Crippen molar-refractivity contribution in [3.63, 3.8) is 0 Å². The molecule has 0 aliphatic rings. The van der Waals surface area contributed by atoms with Gasteiger partial charge in [-0.15, -0.1) is 0 Å². The average molecular weight is 198 g/mol. The summed E-state index contributed by atoms with van der Waals surface area (Å²) in [6.45, 7) is -1.07. The first-order valence-corrected chi connectivity index (χ1v) is 4.00. The molecule has 5 nitrogen and oxygen atoms in total. The van der Waals surface area contributed by atoms with Crippen LogP contribution in [0.4, 0.5) is 0 Å². The summed E-state index contributed by atoms with van der Waals surface area (Å²) >= 11 is 3.74. The summed E-state index contributed by atoms with van der Waals surface area (Å²) < 4.78 is 0. The Kier molecular flexibility index (Phi) is 5.81. The molecule has 0 saturated heterocycles. The van der Waals surface area contributed by atoms with E-state index in [-0.39, 0.29) is 0 Å². The number of hydrogen-bond acceptors (Lipinski definition) is 6. The minimum absolute atomic E-state index is 0.417. The lowest BCUT2D eigenvalue weighted by molar-refractivity contribution is -0.0789. The van der Waals surface area contributed by atoms with Crippen molar-refractivity contribution in [2.75, 3.05) is 13.2 Å². The summed E-state index contributed by atoms with van der Waals surface area (Å²) in [6, 6.07) is 0. The highest BCUT2D eigenvalue weighted by atomic mass is 32.1. The first-order chi connectivity index (χ1) is 5.54. The average Bonchev–Trinajstić information content (AvgIpc) is 2.12. The van der Waals surface area contributed by atoms with E-state index in [9.17, 15) is 0 Å². The molecule has 0 aromatic rings.